The highest BCUT2D eigenvalue weighted by Gasteiger charge is 2.31. The maximum Gasteiger partial charge on any atom is 0.247 e. The van der Waals surface area contributed by atoms with Gasteiger partial charge in [0.05, 0.1) is 11.5 Å². The number of carbonyl (C=O) groups excluding carboxylic acids is 2. The van der Waals surface area contributed by atoms with Crippen LogP contribution in [0, 0.1) is 5.82 Å². The minimum Gasteiger partial charge on any atom is -0.383 e. The van der Waals surface area contributed by atoms with Gasteiger partial charge in [0.25, 0.3) is 0 Å². The maximum atomic E-state index is 13.7. The Morgan fingerprint density at radius 2 is 1.59 bits per heavy atom. The van der Waals surface area contributed by atoms with E-state index in [9.17, 15) is 22.4 Å². The lowest BCUT2D eigenvalue weighted by Crippen LogP contribution is -2.44. The molecule has 39 heavy (non-hydrogen) atoms. The fraction of sp³-hybridized carbons (Fsp3) is 0.310. The van der Waals surface area contributed by atoms with Crippen molar-refractivity contribution < 1.29 is 27.1 Å². The summed E-state index contributed by atoms with van der Waals surface area (Å²) in [5.41, 5.74) is 2.09. The second-order valence-electron chi connectivity index (χ2n) is 8.89. The highest BCUT2D eigenvalue weighted by atomic mass is 32.2. The fourth-order valence-electron chi connectivity index (χ4n) is 4.09. The minimum absolute atomic E-state index is 0.0786. The van der Waals surface area contributed by atoms with Gasteiger partial charge in [0, 0.05) is 33.2 Å². The van der Waals surface area contributed by atoms with Crippen LogP contribution in [0.1, 0.15) is 36.1 Å². The number of carbonyl (C=O) groups is 2. The van der Waals surface area contributed by atoms with Gasteiger partial charge in [-0.1, -0.05) is 61.5 Å². The molecule has 2 N–H and O–H groups in total. The second-order valence-corrected chi connectivity index (χ2v) is 10.7. The van der Waals surface area contributed by atoms with Crippen molar-refractivity contribution in [1.29, 1.82) is 0 Å². The maximum absolute atomic E-state index is 13.7. The van der Waals surface area contributed by atoms with Crippen molar-refractivity contribution in [3.05, 3.63) is 101 Å². The number of hydrogen-bond acceptors (Lipinski definition) is 5. The van der Waals surface area contributed by atoms with Gasteiger partial charge in [-0.25, -0.2) is 17.5 Å². The molecule has 0 unspecified atom stereocenters. The van der Waals surface area contributed by atoms with Gasteiger partial charge in [-0.15, -0.1) is 0 Å². The van der Waals surface area contributed by atoms with Crippen molar-refractivity contribution in [2.24, 2.45) is 0 Å². The summed E-state index contributed by atoms with van der Waals surface area (Å²) in [4.78, 5) is 28.7. The molecule has 0 aliphatic rings. The Bertz CT molecular complexity index is 1320. The Kier molecular flexibility index (Phi) is 11.2. The molecule has 0 aliphatic carbocycles. The van der Waals surface area contributed by atoms with E-state index < -0.39 is 21.9 Å². The molecule has 1 atom stereocenters. The number of ether oxygens (including phenoxy) is 1. The van der Waals surface area contributed by atoms with E-state index in [1.165, 1.54) is 36.3 Å². The molecule has 0 saturated heterocycles. The quantitative estimate of drug-likeness (QED) is 0.296. The van der Waals surface area contributed by atoms with E-state index in [1.54, 1.807) is 55.5 Å². The van der Waals surface area contributed by atoms with Crippen LogP contribution in [0.5, 0.6) is 0 Å². The number of hydrogen-bond donors (Lipinski definition) is 2. The number of nitrogens with zero attached hydrogens (tertiary/aromatic N) is 1. The van der Waals surface area contributed by atoms with Crippen LogP contribution in [0.3, 0.4) is 0 Å². The van der Waals surface area contributed by atoms with Gasteiger partial charge < -0.3 is 15.0 Å². The van der Waals surface area contributed by atoms with E-state index in [0.29, 0.717) is 24.2 Å². The van der Waals surface area contributed by atoms with E-state index in [2.05, 4.69) is 10.0 Å². The third kappa shape index (κ3) is 8.71. The summed E-state index contributed by atoms with van der Waals surface area (Å²) >= 11 is 0. The van der Waals surface area contributed by atoms with Crippen molar-refractivity contribution >= 4 is 21.8 Å². The molecule has 10 heteroatoms. The largest absolute Gasteiger partial charge is 0.383 e. The molecule has 3 aromatic rings. The molecule has 0 bridgehead atoms. The Labute approximate surface area is 229 Å². The molecule has 8 nitrogen and oxygen atoms in total. The van der Waals surface area contributed by atoms with Crippen LogP contribution >= 0.6 is 0 Å². The molecule has 3 rings (SSSR count). The lowest BCUT2D eigenvalue weighted by Gasteiger charge is -2.32. The number of amides is 2. The predicted octanol–water partition coefficient (Wildman–Crippen LogP) is 3.59. The van der Waals surface area contributed by atoms with E-state index in [1.807, 2.05) is 6.07 Å². The Morgan fingerprint density at radius 1 is 0.949 bits per heavy atom. The molecule has 0 spiro atoms. The van der Waals surface area contributed by atoms with E-state index in [-0.39, 0.29) is 42.8 Å². The number of benzene rings is 3. The summed E-state index contributed by atoms with van der Waals surface area (Å²) in [7, 11) is -2.04. The lowest BCUT2D eigenvalue weighted by atomic mass is 10.0. The first-order valence-electron chi connectivity index (χ1n) is 12.7. The van der Waals surface area contributed by atoms with Gasteiger partial charge in [-0.2, -0.15) is 0 Å². The Balaban J connectivity index is 1.87. The van der Waals surface area contributed by atoms with E-state index >= 15 is 0 Å². The smallest absolute Gasteiger partial charge is 0.247 e. The lowest BCUT2D eigenvalue weighted by molar-refractivity contribution is -0.141. The molecule has 2 amide bonds. The molecule has 0 fully saturated rings. The number of nitrogens with one attached hydrogen (secondary N) is 2. The number of halogens is 1. The summed E-state index contributed by atoms with van der Waals surface area (Å²) < 4.78 is 45.5. The summed E-state index contributed by atoms with van der Waals surface area (Å²) in [5.74, 6) is -1.03. The van der Waals surface area contributed by atoms with E-state index in [4.69, 9.17) is 4.74 Å². The summed E-state index contributed by atoms with van der Waals surface area (Å²) in [6.07, 6.45) is 0.419. The zero-order chi connectivity index (χ0) is 28.3. The van der Waals surface area contributed by atoms with Crippen molar-refractivity contribution in [1.82, 2.24) is 14.9 Å². The highest BCUT2D eigenvalue weighted by Crippen LogP contribution is 2.25. The van der Waals surface area contributed by atoms with Crippen molar-refractivity contribution in [2.75, 3.05) is 26.8 Å². The average molecular weight is 556 g/mol. The number of methoxy groups -OCH3 is 1. The van der Waals surface area contributed by atoms with Crippen LogP contribution in [-0.4, -0.2) is 51.9 Å². The average Bonchev–Trinajstić information content (AvgIpc) is 2.93. The fourth-order valence-corrected chi connectivity index (χ4v) is 5.14. The van der Waals surface area contributed by atoms with Crippen LogP contribution in [0.25, 0.3) is 0 Å². The molecular weight excluding hydrogens is 521 g/mol. The SMILES string of the molecule is CCNS(=O)(=O)c1ccc(CCC(=O)N(Cc2ccc(F)cc2)[C@@H](C(=O)NCCOC)c2ccccc2)cc1. The van der Waals surface area contributed by atoms with Gasteiger partial charge in [0.15, 0.2) is 0 Å². The van der Waals surface area contributed by atoms with E-state index in [0.717, 1.165) is 5.56 Å². The molecule has 0 aliphatic heterocycles. The first kappa shape index (κ1) is 29.9. The molecule has 0 saturated carbocycles. The first-order chi connectivity index (χ1) is 18.7. The molecule has 208 valence electrons. The van der Waals surface area contributed by atoms with Gasteiger partial charge in [0.1, 0.15) is 11.9 Å². The zero-order valence-corrected chi connectivity index (χ0v) is 22.9. The number of aryl methyl sites for hydroxylation is 1. The molecule has 3 aromatic carbocycles. The number of sulfonamides is 1. The van der Waals surface area contributed by atoms with Gasteiger partial charge in [-0.3, -0.25) is 9.59 Å². The number of rotatable bonds is 14. The van der Waals surface area contributed by atoms with Gasteiger partial charge in [0.2, 0.25) is 21.8 Å². The normalized spacial score (nSPS) is 12.1. The second kappa shape index (κ2) is 14.5. The Hall–Kier alpha value is -3.60. The molecule has 0 heterocycles. The highest BCUT2D eigenvalue weighted by molar-refractivity contribution is 7.89. The Morgan fingerprint density at radius 3 is 2.21 bits per heavy atom. The molecule has 0 aromatic heterocycles. The van der Waals surface area contributed by atoms with Crippen LogP contribution in [0.2, 0.25) is 0 Å². The van der Waals surface area contributed by atoms with Crippen molar-refractivity contribution in [3.8, 4) is 0 Å². The third-order valence-electron chi connectivity index (χ3n) is 6.06. The van der Waals surface area contributed by atoms with Crippen LogP contribution < -0.4 is 10.0 Å². The van der Waals surface area contributed by atoms with Crippen molar-refractivity contribution in [3.63, 3.8) is 0 Å². The summed E-state index contributed by atoms with van der Waals surface area (Å²) in [5, 5.41) is 2.84. The third-order valence-corrected chi connectivity index (χ3v) is 7.62. The topological polar surface area (TPSA) is 105 Å². The minimum atomic E-state index is -3.58. The molecule has 0 radical (unpaired) electrons. The summed E-state index contributed by atoms with van der Waals surface area (Å²) in [6, 6.07) is 20.2. The monoisotopic (exact) mass is 555 g/mol. The van der Waals surface area contributed by atoms with Crippen LogP contribution in [0.15, 0.2) is 83.8 Å². The summed E-state index contributed by atoms with van der Waals surface area (Å²) in [6.45, 7) is 2.67. The zero-order valence-electron chi connectivity index (χ0n) is 22.1. The first-order valence-corrected chi connectivity index (χ1v) is 14.2. The predicted molar refractivity (Wildman–Crippen MR) is 147 cm³/mol. The molecular formula is C29H34FN3O5S. The van der Waals surface area contributed by atoms with Crippen LogP contribution in [-0.2, 0) is 37.3 Å². The van der Waals surface area contributed by atoms with Crippen molar-refractivity contribution in [2.45, 2.75) is 37.2 Å². The van der Waals surface area contributed by atoms with Crippen LogP contribution in [0.4, 0.5) is 4.39 Å². The standard InChI is InChI=1S/C29H34FN3O5S/c1-3-32-39(36,37)26-16-11-22(12-17-26)13-18-27(34)33(21-23-9-14-25(30)15-10-23)28(24-7-5-4-6-8-24)29(35)31-19-20-38-2/h4-12,14-17,28,32H,3,13,18-21H2,1-2H3,(H,31,35)/t28-/m1/s1. The van der Waals surface area contributed by atoms with Gasteiger partial charge in [-0.05, 0) is 47.4 Å². The van der Waals surface area contributed by atoms with Gasteiger partial charge >= 0.3 is 0 Å².